The first-order chi connectivity index (χ1) is 7.25. The van der Waals surface area contributed by atoms with Gasteiger partial charge in [-0.05, 0) is 35.9 Å². The molecule has 0 atom stereocenters. The van der Waals surface area contributed by atoms with Crippen molar-refractivity contribution >= 4 is 32.2 Å². The average molecular weight is 214 g/mol. The summed E-state index contributed by atoms with van der Waals surface area (Å²) in [5.41, 5.74) is 1.17. The summed E-state index contributed by atoms with van der Waals surface area (Å²) in [5.74, 6) is 0.375. The normalized spacial score (nSPS) is 11.3. The molecule has 0 radical (unpaired) electrons. The summed E-state index contributed by atoms with van der Waals surface area (Å²) in [6.45, 7) is 2.04. The lowest BCUT2D eigenvalue weighted by Gasteiger charge is -2.03. The van der Waals surface area contributed by atoms with E-state index in [0.717, 1.165) is 16.2 Å². The fraction of sp³-hybridized carbons (Fsp3) is 0.0769. The summed E-state index contributed by atoms with van der Waals surface area (Å²) in [6, 6.07) is 10.1. The lowest BCUT2D eigenvalue weighted by atomic mass is 10.1. The Bertz CT molecular complexity index is 652. The van der Waals surface area contributed by atoms with Crippen LogP contribution in [0.5, 0.6) is 5.75 Å². The van der Waals surface area contributed by atoms with Gasteiger partial charge in [0, 0.05) is 15.5 Å². The molecular weight excluding hydrogens is 204 g/mol. The van der Waals surface area contributed by atoms with E-state index in [1.54, 1.807) is 11.3 Å². The number of benzene rings is 2. The zero-order chi connectivity index (χ0) is 10.4. The fourth-order valence-electron chi connectivity index (χ4n) is 1.94. The third-order valence-electron chi connectivity index (χ3n) is 2.68. The molecule has 1 aromatic heterocycles. The van der Waals surface area contributed by atoms with Crippen LogP contribution in [0.25, 0.3) is 20.9 Å². The minimum Gasteiger partial charge on any atom is -0.507 e. The molecule has 1 N–H and O–H groups in total. The van der Waals surface area contributed by atoms with E-state index in [4.69, 9.17) is 0 Å². The SMILES string of the molecule is Cc1ccc2c(c1)c(O)cc1ccsc12. The molecular formula is C13H10OS. The zero-order valence-corrected chi connectivity index (χ0v) is 9.14. The van der Waals surface area contributed by atoms with Gasteiger partial charge in [-0.2, -0.15) is 0 Å². The molecule has 74 valence electrons. The van der Waals surface area contributed by atoms with Crippen LogP contribution in [-0.2, 0) is 0 Å². The second kappa shape index (κ2) is 2.97. The number of aryl methyl sites for hydroxylation is 1. The van der Waals surface area contributed by atoms with Crippen LogP contribution in [0.4, 0.5) is 0 Å². The molecule has 3 aromatic rings. The van der Waals surface area contributed by atoms with Crippen molar-refractivity contribution in [1.29, 1.82) is 0 Å². The molecule has 0 bridgehead atoms. The van der Waals surface area contributed by atoms with E-state index in [9.17, 15) is 5.11 Å². The van der Waals surface area contributed by atoms with Crippen LogP contribution in [0, 0.1) is 6.92 Å². The van der Waals surface area contributed by atoms with Gasteiger partial charge in [0.05, 0.1) is 0 Å². The standard InChI is InChI=1S/C13H10OS/c1-8-2-3-10-11(6-8)12(14)7-9-4-5-15-13(9)10/h2-7,14H,1H3. The first-order valence-corrected chi connectivity index (χ1v) is 5.73. The van der Waals surface area contributed by atoms with Crippen LogP contribution >= 0.6 is 11.3 Å². The molecule has 3 rings (SSSR count). The lowest BCUT2D eigenvalue weighted by Crippen LogP contribution is -1.77. The van der Waals surface area contributed by atoms with Crippen molar-refractivity contribution in [2.45, 2.75) is 6.92 Å². The Morgan fingerprint density at radius 2 is 1.93 bits per heavy atom. The number of thiophene rings is 1. The second-order valence-corrected chi connectivity index (χ2v) is 4.70. The zero-order valence-electron chi connectivity index (χ0n) is 8.32. The molecule has 0 aliphatic carbocycles. The molecule has 2 aromatic carbocycles. The lowest BCUT2D eigenvalue weighted by molar-refractivity contribution is 0.482. The Morgan fingerprint density at radius 3 is 2.80 bits per heavy atom. The van der Waals surface area contributed by atoms with Crippen molar-refractivity contribution in [3.8, 4) is 5.75 Å². The van der Waals surface area contributed by atoms with Crippen LogP contribution in [0.2, 0.25) is 0 Å². The van der Waals surface area contributed by atoms with Gasteiger partial charge in [0.25, 0.3) is 0 Å². The molecule has 1 heterocycles. The van der Waals surface area contributed by atoms with E-state index in [1.807, 2.05) is 25.1 Å². The highest BCUT2D eigenvalue weighted by molar-refractivity contribution is 7.18. The Hall–Kier alpha value is -1.54. The predicted octanol–water partition coefficient (Wildman–Crippen LogP) is 4.07. The summed E-state index contributed by atoms with van der Waals surface area (Å²) in [5, 5.41) is 15.2. The maximum atomic E-state index is 9.92. The molecule has 1 nitrogen and oxygen atoms in total. The number of fused-ring (bicyclic) bond motifs is 3. The number of rotatable bonds is 0. The largest absolute Gasteiger partial charge is 0.507 e. The summed E-state index contributed by atoms with van der Waals surface area (Å²) in [4.78, 5) is 0. The number of hydrogen-bond donors (Lipinski definition) is 1. The van der Waals surface area contributed by atoms with E-state index in [1.165, 1.54) is 10.3 Å². The molecule has 0 unspecified atom stereocenters. The van der Waals surface area contributed by atoms with E-state index >= 15 is 0 Å². The Balaban J connectivity index is 2.61. The molecule has 0 aliphatic heterocycles. The molecule has 0 amide bonds. The first-order valence-electron chi connectivity index (χ1n) is 4.85. The van der Waals surface area contributed by atoms with Gasteiger partial charge >= 0.3 is 0 Å². The molecule has 0 spiro atoms. The summed E-state index contributed by atoms with van der Waals surface area (Å²) in [7, 11) is 0. The third-order valence-corrected chi connectivity index (χ3v) is 3.65. The summed E-state index contributed by atoms with van der Waals surface area (Å²) in [6.07, 6.45) is 0. The van der Waals surface area contributed by atoms with E-state index < -0.39 is 0 Å². The van der Waals surface area contributed by atoms with Gasteiger partial charge in [-0.3, -0.25) is 0 Å². The molecule has 15 heavy (non-hydrogen) atoms. The number of phenolic OH excluding ortho intramolecular Hbond substituents is 1. The fourth-order valence-corrected chi connectivity index (χ4v) is 2.86. The maximum absolute atomic E-state index is 9.92. The van der Waals surface area contributed by atoms with E-state index in [-0.39, 0.29) is 0 Å². The maximum Gasteiger partial charge on any atom is 0.124 e. The van der Waals surface area contributed by atoms with E-state index in [0.29, 0.717) is 5.75 Å². The highest BCUT2D eigenvalue weighted by Gasteiger charge is 2.06. The van der Waals surface area contributed by atoms with Crippen LogP contribution < -0.4 is 0 Å². The van der Waals surface area contributed by atoms with Gasteiger partial charge in [0.1, 0.15) is 5.75 Å². The van der Waals surface area contributed by atoms with Crippen LogP contribution in [0.3, 0.4) is 0 Å². The Kier molecular flexibility index (Phi) is 1.73. The van der Waals surface area contributed by atoms with Gasteiger partial charge in [0.15, 0.2) is 0 Å². The van der Waals surface area contributed by atoms with Crippen molar-refractivity contribution < 1.29 is 5.11 Å². The van der Waals surface area contributed by atoms with E-state index in [2.05, 4.69) is 17.5 Å². The first kappa shape index (κ1) is 8.74. The highest BCUT2D eigenvalue weighted by atomic mass is 32.1. The topological polar surface area (TPSA) is 20.2 Å². The highest BCUT2D eigenvalue weighted by Crippen LogP contribution is 2.35. The second-order valence-electron chi connectivity index (χ2n) is 3.78. The van der Waals surface area contributed by atoms with Gasteiger partial charge in [0.2, 0.25) is 0 Å². The van der Waals surface area contributed by atoms with Crippen molar-refractivity contribution in [3.63, 3.8) is 0 Å². The number of phenols is 1. The van der Waals surface area contributed by atoms with Gasteiger partial charge in [-0.1, -0.05) is 17.7 Å². The van der Waals surface area contributed by atoms with Crippen molar-refractivity contribution in [2.24, 2.45) is 0 Å². The van der Waals surface area contributed by atoms with Crippen molar-refractivity contribution in [2.75, 3.05) is 0 Å². The van der Waals surface area contributed by atoms with Crippen LogP contribution in [0.1, 0.15) is 5.56 Å². The molecule has 0 aliphatic rings. The Morgan fingerprint density at radius 1 is 1.07 bits per heavy atom. The molecule has 2 heteroatoms. The summed E-state index contributed by atoms with van der Waals surface area (Å²) >= 11 is 1.72. The molecule has 0 saturated carbocycles. The van der Waals surface area contributed by atoms with Gasteiger partial charge in [-0.25, -0.2) is 0 Å². The number of hydrogen-bond acceptors (Lipinski definition) is 2. The van der Waals surface area contributed by atoms with Crippen LogP contribution in [-0.4, -0.2) is 5.11 Å². The van der Waals surface area contributed by atoms with Gasteiger partial charge in [-0.15, -0.1) is 11.3 Å². The van der Waals surface area contributed by atoms with Crippen molar-refractivity contribution in [1.82, 2.24) is 0 Å². The average Bonchev–Trinajstić information content (AvgIpc) is 2.66. The smallest absolute Gasteiger partial charge is 0.124 e. The Labute approximate surface area is 91.6 Å². The third kappa shape index (κ3) is 1.22. The molecule has 0 saturated heterocycles. The quantitative estimate of drug-likeness (QED) is 0.598. The number of aromatic hydroxyl groups is 1. The van der Waals surface area contributed by atoms with Crippen molar-refractivity contribution in [3.05, 3.63) is 41.3 Å². The molecule has 0 fully saturated rings. The van der Waals surface area contributed by atoms with Crippen LogP contribution in [0.15, 0.2) is 35.7 Å². The summed E-state index contributed by atoms with van der Waals surface area (Å²) < 4.78 is 1.25. The van der Waals surface area contributed by atoms with Gasteiger partial charge < -0.3 is 5.11 Å². The minimum absolute atomic E-state index is 0.375. The monoisotopic (exact) mass is 214 g/mol. The predicted molar refractivity (Wildman–Crippen MR) is 65.7 cm³/mol. The minimum atomic E-state index is 0.375.